The Kier molecular flexibility index (Phi) is 6.16. The van der Waals surface area contributed by atoms with Crippen LogP contribution in [0.2, 0.25) is 0 Å². The van der Waals surface area contributed by atoms with Crippen molar-refractivity contribution in [1.82, 2.24) is 5.32 Å². The van der Waals surface area contributed by atoms with Gasteiger partial charge < -0.3 is 10.1 Å². The summed E-state index contributed by atoms with van der Waals surface area (Å²) in [7, 11) is 1.64. The minimum atomic E-state index is 0.0618. The van der Waals surface area contributed by atoms with Gasteiger partial charge in [0.1, 0.15) is 5.75 Å². The summed E-state index contributed by atoms with van der Waals surface area (Å²) in [5.74, 6) is 2.22. The number of amides is 1. The van der Waals surface area contributed by atoms with Crippen LogP contribution in [0.5, 0.6) is 5.75 Å². The second-order valence-electron chi connectivity index (χ2n) is 4.60. The van der Waals surface area contributed by atoms with E-state index in [1.54, 1.807) is 18.9 Å². The van der Waals surface area contributed by atoms with Crippen LogP contribution in [0.25, 0.3) is 0 Å². The molecule has 0 aliphatic heterocycles. The van der Waals surface area contributed by atoms with E-state index < -0.39 is 0 Å². The number of methoxy groups -OCH3 is 1. The maximum atomic E-state index is 11.8. The quantitative estimate of drug-likeness (QED) is 0.853. The molecule has 4 heteroatoms. The Labute approximate surface area is 129 Å². The number of hydrogen-bond donors (Lipinski definition) is 1. The van der Waals surface area contributed by atoms with E-state index in [-0.39, 0.29) is 5.91 Å². The third-order valence-electron chi connectivity index (χ3n) is 2.99. The van der Waals surface area contributed by atoms with Crippen LogP contribution >= 0.6 is 11.8 Å². The fraction of sp³-hybridized carbons (Fsp3) is 0.235. The average Bonchev–Trinajstić information content (AvgIpc) is 2.54. The molecule has 0 atom stereocenters. The van der Waals surface area contributed by atoms with Crippen molar-refractivity contribution < 1.29 is 9.53 Å². The second-order valence-corrected chi connectivity index (χ2v) is 5.59. The van der Waals surface area contributed by atoms with Gasteiger partial charge in [-0.25, -0.2) is 0 Å². The van der Waals surface area contributed by atoms with Gasteiger partial charge in [0, 0.05) is 12.3 Å². The van der Waals surface area contributed by atoms with Crippen molar-refractivity contribution in [1.29, 1.82) is 0 Å². The van der Waals surface area contributed by atoms with E-state index in [2.05, 4.69) is 17.4 Å². The molecule has 0 radical (unpaired) electrons. The summed E-state index contributed by atoms with van der Waals surface area (Å²) in [5.41, 5.74) is 2.31. The highest BCUT2D eigenvalue weighted by Gasteiger charge is 2.02. The van der Waals surface area contributed by atoms with E-state index in [0.717, 1.165) is 17.1 Å². The molecule has 0 spiro atoms. The molecule has 0 aliphatic rings. The number of nitrogens with one attached hydrogen (secondary N) is 1. The SMILES string of the molecule is COc1ccc(CNC(=O)CSCc2ccccc2)cc1. The molecule has 0 bridgehead atoms. The fourth-order valence-electron chi connectivity index (χ4n) is 1.83. The van der Waals surface area contributed by atoms with Gasteiger partial charge in [-0.15, -0.1) is 11.8 Å². The molecule has 110 valence electrons. The highest BCUT2D eigenvalue weighted by molar-refractivity contribution is 7.99. The molecule has 0 fully saturated rings. The molecule has 0 unspecified atom stereocenters. The number of benzene rings is 2. The summed E-state index contributed by atoms with van der Waals surface area (Å²) < 4.78 is 5.10. The standard InChI is InChI=1S/C17H19NO2S/c1-20-16-9-7-14(8-10-16)11-18-17(19)13-21-12-15-5-3-2-4-6-15/h2-10H,11-13H2,1H3,(H,18,19). The first kappa shape index (κ1) is 15.4. The predicted octanol–water partition coefficient (Wildman–Crippen LogP) is 3.24. The molecule has 2 rings (SSSR count). The molecule has 1 amide bonds. The molecule has 1 N–H and O–H groups in total. The van der Waals surface area contributed by atoms with E-state index in [4.69, 9.17) is 4.74 Å². The smallest absolute Gasteiger partial charge is 0.230 e. The van der Waals surface area contributed by atoms with E-state index in [0.29, 0.717) is 12.3 Å². The topological polar surface area (TPSA) is 38.3 Å². The highest BCUT2D eigenvalue weighted by Crippen LogP contribution is 2.12. The van der Waals surface area contributed by atoms with Crippen LogP contribution in [0.1, 0.15) is 11.1 Å². The van der Waals surface area contributed by atoms with Gasteiger partial charge in [-0.2, -0.15) is 0 Å². The molecule has 0 aliphatic carbocycles. The normalized spacial score (nSPS) is 10.1. The number of rotatable bonds is 7. The van der Waals surface area contributed by atoms with Crippen molar-refractivity contribution in [2.45, 2.75) is 12.3 Å². The minimum absolute atomic E-state index is 0.0618. The number of carbonyl (C=O) groups excluding carboxylic acids is 1. The van der Waals surface area contributed by atoms with E-state index in [1.165, 1.54) is 5.56 Å². The summed E-state index contributed by atoms with van der Waals surface area (Å²) in [6, 6.07) is 17.9. The van der Waals surface area contributed by atoms with E-state index in [9.17, 15) is 4.79 Å². The first-order valence-electron chi connectivity index (χ1n) is 6.79. The zero-order valence-corrected chi connectivity index (χ0v) is 12.9. The van der Waals surface area contributed by atoms with Gasteiger partial charge in [0.2, 0.25) is 5.91 Å². The van der Waals surface area contributed by atoms with Crippen molar-refractivity contribution >= 4 is 17.7 Å². The summed E-state index contributed by atoms with van der Waals surface area (Å²) in [5, 5.41) is 2.92. The number of carbonyl (C=O) groups is 1. The Balaban J connectivity index is 1.67. The molecule has 21 heavy (non-hydrogen) atoms. The highest BCUT2D eigenvalue weighted by atomic mass is 32.2. The Morgan fingerprint density at radius 2 is 1.76 bits per heavy atom. The largest absolute Gasteiger partial charge is 0.497 e. The maximum Gasteiger partial charge on any atom is 0.230 e. The predicted molar refractivity (Wildman–Crippen MR) is 87.4 cm³/mol. The third-order valence-corrected chi connectivity index (χ3v) is 4.00. The molecule has 0 aromatic heterocycles. The molecule has 2 aromatic rings. The van der Waals surface area contributed by atoms with E-state index in [1.807, 2.05) is 42.5 Å². The summed E-state index contributed by atoms with van der Waals surface area (Å²) >= 11 is 1.62. The molecule has 2 aromatic carbocycles. The second kappa shape index (κ2) is 8.37. The lowest BCUT2D eigenvalue weighted by atomic mass is 10.2. The number of thioether (sulfide) groups is 1. The zero-order chi connectivity index (χ0) is 14.9. The lowest BCUT2D eigenvalue weighted by molar-refractivity contribution is -0.118. The molecule has 0 heterocycles. The van der Waals surface area contributed by atoms with Gasteiger partial charge in [0.25, 0.3) is 0 Å². The summed E-state index contributed by atoms with van der Waals surface area (Å²) in [6.45, 7) is 0.550. The molecule has 3 nitrogen and oxygen atoms in total. The Morgan fingerprint density at radius 1 is 1.05 bits per heavy atom. The number of hydrogen-bond acceptors (Lipinski definition) is 3. The summed E-state index contributed by atoms with van der Waals surface area (Å²) in [6.07, 6.45) is 0. The van der Waals surface area contributed by atoms with Gasteiger partial charge in [-0.3, -0.25) is 4.79 Å². The van der Waals surface area contributed by atoms with Crippen LogP contribution in [-0.4, -0.2) is 18.8 Å². The number of ether oxygens (including phenoxy) is 1. The summed E-state index contributed by atoms with van der Waals surface area (Å²) in [4.78, 5) is 11.8. The van der Waals surface area contributed by atoms with Gasteiger partial charge in [0.15, 0.2) is 0 Å². The van der Waals surface area contributed by atoms with Crippen molar-refractivity contribution in [2.75, 3.05) is 12.9 Å². The first-order chi connectivity index (χ1) is 10.3. The fourth-order valence-corrected chi connectivity index (χ4v) is 2.65. The van der Waals surface area contributed by atoms with Crippen molar-refractivity contribution in [3.8, 4) is 5.75 Å². The first-order valence-corrected chi connectivity index (χ1v) is 7.94. The van der Waals surface area contributed by atoms with Crippen LogP contribution in [0.4, 0.5) is 0 Å². The van der Waals surface area contributed by atoms with Gasteiger partial charge in [0.05, 0.1) is 12.9 Å². The third kappa shape index (κ3) is 5.52. The van der Waals surface area contributed by atoms with E-state index >= 15 is 0 Å². The molecular formula is C17H19NO2S. The Morgan fingerprint density at radius 3 is 2.43 bits per heavy atom. The van der Waals surface area contributed by atoms with Crippen molar-refractivity contribution in [3.63, 3.8) is 0 Å². The molecule has 0 saturated carbocycles. The lowest BCUT2D eigenvalue weighted by Crippen LogP contribution is -2.24. The molecule has 0 saturated heterocycles. The molecular weight excluding hydrogens is 282 g/mol. The Bertz CT molecular complexity index is 555. The van der Waals surface area contributed by atoms with Gasteiger partial charge >= 0.3 is 0 Å². The maximum absolute atomic E-state index is 11.8. The van der Waals surface area contributed by atoms with Crippen LogP contribution in [0.3, 0.4) is 0 Å². The minimum Gasteiger partial charge on any atom is -0.497 e. The average molecular weight is 301 g/mol. The zero-order valence-electron chi connectivity index (χ0n) is 12.0. The van der Waals surface area contributed by atoms with Gasteiger partial charge in [-0.1, -0.05) is 42.5 Å². The van der Waals surface area contributed by atoms with Crippen molar-refractivity contribution in [3.05, 3.63) is 65.7 Å². The van der Waals surface area contributed by atoms with Crippen LogP contribution < -0.4 is 10.1 Å². The van der Waals surface area contributed by atoms with Crippen LogP contribution in [0, 0.1) is 0 Å². The monoisotopic (exact) mass is 301 g/mol. The van der Waals surface area contributed by atoms with Crippen molar-refractivity contribution in [2.24, 2.45) is 0 Å². The van der Waals surface area contributed by atoms with Crippen LogP contribution in [-0.2, 0) is 17.1 Å². The Hall–Kier alpha value is -1.94. The lowest BCUT2D eigenvalue weighted by Gasteiger charge is -2.06. The van der Waals surface area contributed by atoms with Crippen LogP contribution in [0.15, 0.2) is 54.6 Å². The van der Waals surface area contributed by atoms with Gasteiger partial charge in [-0.05, 0) is 23.3 Å².